The van der Waals surface area contributed by atoms with Crippen molar-refractivity contribution in [2.45, 2.75) is 39.8 Å². The molecule has 19 heavy (non-hydrogen) atoms. The molecule has 0 spiro atoms. The summed E-state index contributed by atoms with van der Waals surface area (Å²) in [6.45, 7) is 7.49. The van der Waals surface area contributed by atoms with Gasteiger partial charge in [0.1, 0.15) is 5.76 Å². The van der Waals surface area contributed by atoms with Crippen LogP contribution in [0.15, 0.2) is 47.3 Å². The molecular weight excluding hydrogens is 236 g/mol. The van der Waals surface area contributed by atoms with Crippen molar-refractivity contribution in [3.63, 3.8) is 0 Å². The lowest BCUT2D eigenvalue weighted by Crippen LogP contribution is -2.25. The van der Waals surface area contributed by atoms with Crippen LogP contribution in [-0.4, -0.2) is 4.98 Å². The van der Waals surface area contributed by atoms with Crippen LogP contribution in [0.3, 0.4) is 0 Å². The van der Waals surface area contributed by atoms with Gasteiger partial charge in [0, 0.05) is 6.04 Å². The largest absolute Gasteiger partial charge is 0.447 e. The van der Waals surface area contributed by atoms with Crippen molar-refractivity contribution in [1.82, 2.24) is 10.3 Å². The van der Waals surface area contributed by atoms with E-state index in [2.05, 4.69) is 55.3 Å². The minimum Gasteiger partial charge on any atom is -0.447 e. The fraction of sp³-hybridized carbons (Fsp3) is 0.438. The number of oxazole rings is 1. The predicted octanol–water partition coefficient (Wildman–Crippen LogP) is 3.94. The van der Waals surface area contributed by atoms with Crippen molar-refractivity contribution < 1.29 is 4.42 Å². The van der Waals surface area contributed by atoms with Gasteiger partial charge >= 0.3 is 0 Å². The van der Waals surface area contributed by atoms with Crippen molar-refractivity contribution in [2.75, 3.05) is 0 Å². The number of nitrogens with zero attached hydrogens (tertiary/aromatic N) is 1. The highest BCUT2D eigenvalue weighted by atomic mass is 16.3. The standard InChI is InChI=1S/C16H22N2O/c1-16(2,3)9-15(13-7-5-4-6-8-13)18-11-14-10-17-12-19-14/h4-8,10,12,15,18H,9,11H2,1-3H3. The summed E-state index contributed by atoms with van der Waals surface area (Å²) < 4.78 is 5.28. The number of hydrogen-bond donors (Lipinski definition) is 1. The van der Waals surface area contributed by atoms with Gasteiger partial charge in [0.15, 0.2) is 6.39 Å². The second-order valence-corrected chi connectivity index (χ2v) is 6.08. The van der Waals surface area contributed by atoms with E-state index in [-0.39, 0.29) is 5.41 Å². The molecule has 3 nitrogen and oxygen atoms in total. The summed E-state index contributed by atoms with van der Waals surface area (Å²) in [6, 6.07) is 10.9. The quantitative estimate of drug-likeness (QED) is 0.882. The van der Waals surface area contributed by atoms with Crippen LogP contribution in [0.2, 0.25) is 0 Å². The minimum atomic E-state index is 0.273. The molecule has 0 fully saturated rings. The smallest absolute Gasteiger partial charge is 0.180 e. The highest BCUT2D eigenvalue weighted by molar-refractivity contribution is 5.19. The van der Waals surface area contributed by atoms with E-state index in [1.165, 1.54) is 12.0 Å². The SMILES string of the molecule is CC(C)(C)CC(NCc1cnco1)c1ccccc1. The molecule has 1 unspecified atom stereocenters. The predicted molar refractivity (Wildman–Crippen MR) is 76.6 cm³/mol. The van der Waals surface area contributed by atoms with Gasteiger partial charge in [-0.1, -0.05) is 51.1 Å². The first-order valence-corrected chi connectivity index (χ1v) is 6.70. The normalized spacial score (nSPS) is 13.4. The molecule has 0 radical (unpaired) electrons. The molecule has 0 bridgehead atoms. The second-order valence-electron chi connectivity index (χ2n) is 6.08. The third-order valence-corrected chi connectivity index (χ3v) is 3.02. The van der Waals surface area contributed by atoms with Crippen LogP contribution in [-0.2, 0) is 6.54 Å². The summed E-state index contributed by atoms with van der Waals surface area (Å²) in [6.07, 6.45) is 4.30. The van der Waals surface area contributed by atoms with Gasteiger partial charge in [0.05, 0.1) is 12.7 Å². The Kier molecular flexibility index (Phi) is 4.38. The Morgan fingerprint density at radius 1 is 1.21 bits per heavy atom. The van der Waals surface area contributed by atoms with E-state index in [1.54, 1.807) is 6.20 Å². The average molecular weight is 258 g/mol. The minimum absolute atomic E-state index is 0.273. The zero-order valence-corrected chi connectivity index (χ0v) is 11.9. The summed E-state index contributed by atoms with van der Waals surface area (Å²) in [5, 5.41) is 3.56. The molecule has 1 atom stereocenters. The molecule has 0 aliphatic rings. The van der Waals surface area contributed by atoms with E-state index in [4.69, 9.17) is 4.42 Å². The van der Waals surface area contributed by atoms with Crippen LogP contribution in [0.5, 0.6) is 0 Å². The molecule has 0 amide bonds. The maximum atomic E-state index is 5.28. The molecule has 3 heteroatoms. The summed E-state index contributed by atoms with van der Waals surface area (Å²) >= 11 is 0. The maximum absolute atomic E-state index is 5.28. The van der Waals surface area contributed by atoms with Crippen LogP contribution < -0.4 is 5.32 Å². The van der Waals surface area contributed by atoms with Crippen LogP contribution >= 0.6 is 0 Å². The molecule has 1 N–H and O–H groups in total. The Bertz CT molecular complexity index is 471. The number of aromatic nitrogens is 1. The van der Waals surface area contributed by atoms with Gasteiger partial charge in [0.2, 0.25) is 0 Å². The molecule has 0 saturated heterocycles. The fourth-order valence-electron chi connectivity index (χ4n) is 2.16. The van der Waals surface area contributed by atoms with E-state index in [0.717, 1.165) is 12.2 Å². The molecule has 1 aromatic carbocycles. The van der Waals surface area contributed by atoms with Gasteiger partial charge in [-0.25, -0.2) is 4.98 Å². The average Bonchev–Trinajstić information content (AvgIpc) is 2.87. The van der Waals surface area contributed by atoms with Crippen LogP contribution in [0.4, 0.5) is 0 Å². The van der Waals surface area contributed by atoms with Gasteiger partial charge < -0.3 is 9.73 Å². The summed E-state index contributed by atoms with van der Waals surface area (Å²) in [5.74, 6) is 0.870. The second kappa shape index (κ2) is 6.02. The number of nitrogens with one attached hydrogen (secondary N) is 1. The molecule has 102 valence electrons. The Hall–Kier alpha value is -1.61. The number of benzene rings is 1. The Morgan fingerprint density at radius 2 is 1.95 bits per heavy atom. The van der Waals surface area contributed by atoms with Gasteiger partial charge in [-0.05, 0) is 17.4 Å². The molecule has 2 aromatic rings. The lowest BCUT2D eigenvalue weighted by Gasteiger charge is -2.27. The lowest BCUT2D eigenvalue weighted by atomic mass is 9.85. The topological polar surface area (TPSA) is 38.1 Å². The molecular formula is C16H22N2O. The molecule has 0 aliphatic carbocycles. The van der Waals surface area contributed by atoms with E-state index >= 15 is 0 Å². The lowest BCUT2D eigenvalue weighted by molar-refractivity contribution is 0.304. The van der Waals surface area contributed by atoms with E-state index in [1.807, 2.05) is 6.07 Å². The zero-order valence-electron chi connectivity index (χ0n) is 11.9. The van der Waals surface area contributed by atoms with E-state index in [0.29, 0.717) is 12.6 Å². The highest BCUT2D eigenvalue weighted by Crippen LogP contribution is 2.29. The van der Waals surface area contributed by atoms with Crippen LogP contribution in [0.25, 0.3) is 0 Å². The number of rotatable bonds is 5. The third-order valence-electron chi connectivity index (χ3n) is 3.02. The first kappa shape index (κ1) is 13.8. The van der Waals surface area contributed by atoms with Crippen LogP contribution in [0.1, 0.15) is 44.6 Å². The van der Waals surface area contributed by atoms with Gasteiger partial charge in [-0.15, -0.1) is 0 Å². The fourth-order valence-corrected chi connectivity index (χ4v) is 2.16. The van der Waals surface area contributed by atoms with Crippen molar-refractivity contribution in [3.8, 4) is 0 Å². The van der Waals surface area contributed by atoms with Gasteiger partial charge in [-0.2, -0.15) is 0 Å². The highest BCUT2D eigenvalue weighted by Gasteiger charge is 2.20. The molecule has 1 heterocycles. The van der Waals surface area contributed by atoms with Crippen molar-refractivity contribution in [2.24, 2.45) is 5.41 Å². The molecule has 0 saturated carbocycles. The molecule has 1 aromatic heterocycles. The zero-order chi connectivity index (χ0) is 13.7. The Labute approximate surface area is 115 Å². The summed E-state index contributed by atoms with van der Waals surface area (Å²) in [7, 11) is 0. The van der Waals surface area contributed by atoms with Crippen molar-refractivity contribution in [1.29, 1.82) is 0 Å². The maximum Gasteiger partial charge on any atom is 0.180 e. The Morgan fingerprint density at radius 3 is 2.53 bits per heavy atom. The van der Waals surface area contributed by atoms with E-state index in [9.17, 15) is 0 Å². The molecule has 0 aliphatic heterocycles. The molecule has 2 rings (SSSR count). The first-order chi connectivity index (χ1) is 9.04. The summed E-state index contributed by atoms with van der Waals surface area (Å²) in [4.78, 5) is 3.94. The summed E-state index contributed by atoms with van der Waals surface area (Å²) in [5.41, 5.74) is 1.59. The third kappa shape index (κ3) is 4.52. The van der Waals surface area contributed by atoms with Gasteiger partial charge in [-0.3, -0.25) is 0 Å². The first-order valence-electron chi connectivity index (χ1n) is 6.70. The van der Waals surface area contributed by atoms with Crippen molar-refractivity contribution in [3.05, 3.63) is 54.2 Å². The Balaban J connectivity index is 2.06. The monoisotopic (exact) mass is 258 g/mol. The van der Waals surface area contributed by atoms with Crippen LogP contribution in [0, 0.1) is 5.41 Å². The van der Waals surface area contributed by atoms with E-state index < -0.39 is 0 Å². The van der Waals surface area contributed by atoms with Crippen molar-refractivity contribution >= 4 is 0 Å². The number of hydrogen-bond acceptors (Lipinski definition) is 3. The van der Waals surface area contributed by atoms with Gasteiger partial charge in [0.25, 0.3) is 0 Å².